The number of para-hydroxylation sites is 1. The first-order valence-electron chi connectivity index (χ1n) is 5.73. The molecule has 0 unspecified atom stereocenters. The van der Waals surface area contributed by atoms with E-state index in [-0.39, 0.29) is 4.88 Å². The molecule has 5 nitrogen and oxygen atoms in total. The highest BCUT2D eigenvalue weighted by atomic mass is 32.1. The number of hydrogen-bond donors (Lipinski definition) is 2. The Labute approximate surface area is 114 Å². The van der Waals surface area contributed by atoms with Crippen LogP contribution in [-0.2, 0) is 11.2 Å². The van der Waals surface area contributed by atoms with Crippen molar-refractivity contribution in [1.29, 1.82) is 0 Å². The quantitative estimate of drug-likeness (QED) is 0.850. The van der Waals surface area contributed by atoms with Crippen molar-refractivity contribution in [3.05, 3.63) is 40.9 Å². The highest BCUT2D eigenvalue weighted by Crippen LogP contribution is 2.25. The van der Waals surface area contributed by atoms with Gasteiger partial charge in [0.05, 0.1) is 12.8 Å². The van der Waals surface area contributed by atoms with Crippen molar-refractivity contribution < 1.29 is 14.6 Å². The van der Waals surface area contributed by atoms with E-state index in [1.807, 2.05) is 24.3 Å². The maximum atomic E-state index is 10.8. The predicted octanol–water partition coefficient (Wildman–Crippen LogP) is 2.77. The minimum Gasteiger partial charge on any atom is -0.477 e. The summed E-state index contributed by atoms with van der Waals surface area (Å²) in [6, 6.07) is 7.82. The average molecular weight is 278 g/mol. The van der Waals surface area contributed by atoms with Gasteiger partial charge in [-0.25, -0.2) is 9.78 Å². The molecule has 0 radical (unpaired) electrons. The Hall–Kier alpha value is -1.92. The molecular weight excluding hydrogens is 264 g/mol. The number of aromatic nitrogens is 1. The summed E-state index contributed by atoms with van der Waals surface area (Å²) in [7, 11) is 1.66. The van der Waals surface area contributed by atoms with Crippen LogP contribution in [0, 0.1) is 0 Å². The van der Waals surface area contributed by atoms with Crippen LogP contribution >= 0.6 is 11.3 Å². The van der Waals surface area contributed by atoms with Crippen LogP contribution < -0.4 is 5.32 Å². The van der Waals surface area contributed by atoms with Crippen molar-refractivity contribution in [3.8, 4) is 0 Å². The summed E-state index contributed by atoms with van der Waals surface area (Å²) in [6.45, 7) is 0.636. The minimum absolute atomic E-state index is 0.219. The monoisotopic (exact) mass is 278 g/mol. The number of carboxylic acids is 1. The smallest absolute Gasteiger partial charge is 0.347 e. The second-order valence-electron chi connectivity index (χ2n) is 3.86. The third-order valence-corrected chi connectivity index (χ3v) is 3.45. The zero-order valence-electron chi connectivity index (χ0n) is 10.4. The largest absolute Gasteiger partial charge is 0.477 e. The molecule has 2 rings (SSSR count). The van der Waals surface area contributed by atoms with Gasteiger partial charge >= 0.3 is 5.97 Å². The summed E-state index contributed by atoms with van der Waals surface area (Å²) >= 11 is 1.12. The number of nitrogens with one attached hydrogen (secondary N) is 1. The SMILES string of the molecule is COCCc1ccccc1Nc1ncc(C(=O)O)s1. The molecule has 0 atom stereocenters. The van der Waals surface area contributed by atoms with Crippen molar-refractivity contribution in [2.24, 2.45) is 0 Å². The summed E-state index contributed by atoms with van der Waals surface area (Å²) in [6.07, 6.45) is 2.14. The van der Waals surface area contributed by atoms with E-state index in [9.17, 15) is 4.79 Å². The maximum Gasteiger partial charge on any atom is 0.347 e. The number of rotatable bonds is 6. The number of benzene rings is 1. The Morgan fingerprint density at radius 2 is 2.26 bits per heavy atom. The predicted molar refractivity (Wildman–Crippen MR) is 74.4 cm³/mol. The van der Waals surface area contributed by atoms with E-state index in [1.54, 1.807) is 7.11 Å². The van der Waals surface area contributed by atoms with Crippen LogP contribution in [-0.4, -0.2) is 29.8 Å². The van der Waals surface area contributed by atoms with E-state index in [0.29, 0.717) is 11.7 Å². The lowest BCUT2D eigenvalue weighted by Crippen LogP contribution is -1.99. The van der Waals surface area contributed by atoms with Gasteiger partial charge in [-0.3, -0.25) is 0 Å². The molecule has 0 fully saturated rings. The summed E-state index contributed by atoms with van der Waals surface area (Å²) in [5.41, 5.74) is 2.03. The lowest BCUT2D eigenvalue weighted by molar-refractivity contribution is 0.0702. The van der Waals surface area contributed by atoms with Gasteiger partial charge in [-0.05, 0) is 18.1 Å². The van der Waals surface area contributed by atoms with Crippen LogP contribution in [0.15, 0.2) is 30.5 Å². The molecule has 0 aliphatic carbocycles. The Morgan fingerprint density at radius 3 is 2.95 bits per heavy atom. The van der Waals surface area contributed by atoms with Crippen molar-refractivity contribution in [3.63, 3.8) is 0 Å². The standard InChI is InChI=1S/C13H14N2O3S/c1-18-7-6-9-4-2-3-5-10(9)15-13-14-8-11(19-13)12(16)17/h2-5,8H,6-7H2,1H3,(H,14,15)(H,16,17). The number of nitrogens with zero attached hydrogens (tertiary/aromatic N) is 1. The molecule has 1 aromatic heterocycles. The molecule has 0 saturated heterocycles. The van der Waals surface area contributed by atoms with E-state index in [4.69, 9.17) is 9.84 Å². The van der Waals surface area contributed by atoms with E-state index >= 15 is 0 Å². The highest BCUT2D eigenvalue weighted by molar-refractivity contribution is 7.17. The molecule has 2 N–H and O–H groups in total. The lowest BCUT2D eigenvalue weighted by atomic mass is 10.1. The minimum atomic E-state index is -0.960. The van der Waals surface area contributed by atoms with Gasteiger partial charge in [0, 0.05) is 12.8 Å². The van der Waals surface area contributed by atoms with E-state index < -0.39 is 5.97 Å². The van der Waals surface area contributed by atoms with Crippen LogP contribution in [0.5, 0.6) is 0 Å². The zero-order valence-corrected chi connectivity index (χ0v) is 11.2. The normalized spacial score (nSPS) is 10.4. The molecule has 0 saturated carbocycles. The number of thiazole rings is 1. The van der Waals surface area contributed by atoms with Crippen LogP contribution in [0.1, 0.15) is 15.2 Å². The van der Waals surface area contributed by atoms with E-state index in [1.165, 1.54) is 6.20 Å². The maximum absolute atomic E-state index is 10.8. The fourth-order valence-corrected chi connectivity index (χ4v) is 2.29. The van der Waals surface area contributed by atoms with Crippen molar-refractivity contribution in [2.75, 3.05) is 19.0 Å². The molecule has 0 spiro atoms. The first-order valence-corrected chi connectivity index (χ1v) is 6.55. The fraction of sp³-hybridized carbons (Fsp3) is 0.231. The number of aromatic carboxylic acids is 1. The topological polar surface area (TPSA) is 71.5 Å². The number of carbonyl (C=O) groups is 1. The van der Waals surface area contributed by atoms with Crippen LogP contribution in [0.25, 0.3) is 0 Å². The summed E-state index contributed by atoms with van der Waals surface area (Å²) in [4.78, 5) is 15.1. The zero-order chi connectivity index (χ0) is 13.7. The van der Waals surface area contributed by atoms with Gasteiger partial charge in [0.15, 0.2) is 5.13 Å². The van der Waals surface area contributed by atoms with Gasteiger partial charge in [0.25, 0.3) is 0 Å². The van der Waals surface area contributed by atoms with Gasteiger partial charge < -0.3 is 15.2 Å². The molecule has 2 aromatic rings. The Bertz CT molecular complexity index is 569. The molecular formula is C13H14N2O3S. The summed E-state index contributed by atoms with van der Waals surface area (Å²) in [5.74, 6) is -0.960. The van der Waals surface area contributed by atoms with Crippen LogP contribution in [0.4, 0.5) is 10.8 Å². The molecule has 6 heteroatoms. The molecule has 1 aromatic carbocycles. The van der Waals surface area contributed by atoms with Crippen molar-refractivity contribution >= 4 is 28.1 Å². The van der Waals surface area contributed by atoms with Crippen LogP contribution in [0.3, 0.4) is 0 Å². The molecule has 0 aliphatic rings. The summed E-state index contributed by atoms with van der Waals surface area (Å²) < 4.78 is 5.07. The van der Waals surface area contributed by atoms with Crippen molar-refractivity contribution in [1.82, 2.24) is 4.98 Å². The second-order valence-corrected chi connectivity index (χ2v) is 4.89. The third-order valence-electron chi connectivity index (χ3n) is 2.55. The fourth-order valence-electron chi connectivity index (χ4n) is 1.62. The second kappa shape index (κ2) is 6.31. The first kappa shape index (κ1) is 13.5. The lowest BCUT2D eigenvalue weighted by Gasteiger charge is -2.09. The Balaban J connectivity index is 2.15. The molecule has 19 heavy (non-hydrogen) atoms. The summed E-state index contributed by atoms with van der Waals surface area (Å²) in [5, 5.41) is 12.6. The van der Waals surface area contributed by atoms with Gasteiger partial charge in [0.1, 0.15) is 4.88 Å². The first-order chi connectivity index (χ1) is 9.20. The molecule has 100 valence electrons. The van der Waals surface area contributed by atoms with Gasteiger partial charge in [-0.15, -0.1) is 0 Å². The number of anilines is 2. The number of carboxylic acid groups (broad SMARTS) is 1. The van der Waals surface area contributed by atoms with Crippen molar-refractivity contribution in [2.45, 2.75) is 6.42 Å². The average Bonchev–Trinajstić information content (AvgIpc) is 2.86. The van der Waals surface area contributed by atoms with Crippen LogP contribution in [0.2, 0.25) is 0 Å². The van der Waals surface area contributed by atoms with Gasteiger partial charge in [0.2, 0.25) is 0 Å². The Morgan fingerprint density at radius 1 is 1.47 bits per heavy atom. The van der Waals surface area contributed by atoms with Gasteiger partial charge in [-0.2, -0.15) is 0 Å². The van der Waals surface area contributed by atoms with E-state index in [0.717, 1.165) is 29.0 Å². The molecule has 0 aliphatic heterocycles. The Kier molecular flexibility index (Phi) is 4.48. The molecule has 0 amide bonds. The molecule has 1 heterocycles. The number of methoxy groups -OCH3 is 1. The van der Waals surface area contributed by atoms with Gasteiger partial charge in [-0.1, -0.05) is 29.5 Å². The third kappa shape index (κ3) is 3.52. The highest BCUT2D eigenvalue weighted by Gasteiger charge is 2.09. The number of ether oxygens (including phenoxy) is 1. The molecule has 0 bridgehead atoms. The van der Waals surface area contributed by atoms with E-state index in [2.05, 4.69) is 10.3 Å². The number of hydrogen-bond acceptors (Lipinski definition) is 5.